The summed E-state index contributed by atoms with van der Waals surface area (Å²) in [5, 5.41) is 33.5. The molecule has 5 nitrogen and oxygen atoms in total. The molecule has 0 heterocycles. The van der Waals surface area contributed by atoms with Crippen LogP contribution >= 0.6 is 0 Å². The van der Waals surface area contributed by atoms with Crippen LogP contribution < -0.4 is 5.32 Å². The quantitative estimate of drug-likeness (QED) is 0.0461. The van der Waals surface area contributed by atoms with Gasteiger partial charge in [0, 0.05) is 6.42 Å². The number of nitrogens with one attached hydrogen (secondary N) is 1. The van der Waals surface area contributed by atoms with E-state index in [1.807, 2.05) is 0 Å². The maximum absolute atomic E-state index is 12.4. The van der Waals surface area contributed by atoms with Gasteiger partial charge in [0.25, 0.3) is 0 Å². The van der Waals surface area contributed by atoms with Gasteiger partial charge in [-0.1, -0.05) is 284 Å². The van der Waals surface area contributed by atoms with Gasteiger partial charge in [-0.25, -0.2) is 0 Å². The van der Waals surface area contributed by atoms with Crippen molar-refractivity contribution >= 4 is 5.91 Å². The first-order valence-corrected chi connectivity index (χ1v) is 26.3. The van der Waals surface area contributed by atoms with Gasteiger partial charge in [-0.3, -0.25) is 4.79 Å². The third kappa shape index (κ3) is 43.3. The van der Waals surface area contributed by atoms with E-state index in [2.05, 4.69) is 19.2 Å². The highest BCUT2D eigenvalue weighted by molar-refractivity contribution is 5.76. The largest absolute Gasteiger partial charge is 0.394 e. The van der Waals surface area contributed by atoms with Crippen molar-refractivity contribution in [3.63, 3.8) is 0 Å². The molecule has 0 unspecified atom stereocenters. The van der Waals surface area contributed by atoms with Crippen LogP contribution in [0.1, 0.15) is 303 Å². The third-order valence-corrected chi connectivity index (χ3v) is 12.7. The molecule has 1 amide bonds. The minimum atomic E-state index is -1.13. The highest BCUT2D eigenvalue weighted by Crippen LogP contribution is 2.18. The summed E-state index contributed by atoms with van der Waals surface area (Å²) in [6.07, 6.45) is 57.0. The van der Waals surface area contributed by atoms with Crippen LogP contribution in [-0.2, 0) is 4.79 Å². The average molecular weight is 808 g/mol. The predicted octanol–water partition coefficient (Wildman–Crippen LogP) is 15.8. The molecule has 0 aromatic heterocycles. The Hall–Kier alpha value is -0.650. The monoisotopic (exact) mass is 808 g/mol. The van der Waals surface area contributed by atoms with E-state index in [9.17, 15) is 20.1 Å². The standard InChI is InChI=1S/C52H105NO4/c1-3-5-7-9-11-13-15-16-17-18-19-20-21-22-23-24-25-26-27-28-29-30-31-32-33-34-35-36-37-39-41-43-45-47-51(56)53-49(48-54)52(57)50(55)46-44-42-40-38-14-12-10-8-6-4-2/h49-50,52,54-55,57H,3-48H2,1-2H3,(H,53,56)/t49-,50+,52-/m0/s1. The molecule has 342 valence electrons. The lowest BCUT2D eigenvalue weighted by Gasteiger charge is -2.26. The molecule has 0 aromatic rings. The molecular formula is C52H105NO4. The molecule has 57 heavy (non-hydrogen) atoms. The summed E-state index contributed by atoms with van der Waals surface area (Å²) >= 11 is 0. The summed E-state index contributed by atoms with van der Waals surface area (Å²) in [5.74, 6) is -0.139. The SMILES string of the molecule is CCCCCCCCCCCCCCCCCCCCCCCCCCCCCCCCCCCC(=O)N[C@@H](CO)[C@H](O)[C@H](O)CCCCCCCCCCCC. The van der Waals surface area contributed by atoms with Crippen LogP contribution in [0.5, 0.6) is 0 Å². The van der Waals surface area contributed by atoms with Gasteiger partial charge in [-0.05, 0) is 12.8 Å². The number of aliphatic hydroxyl groups excluding tert-OH is 3. The Morgan fingerprint density at radius 2 is 0.596 bits per heavy atom. The molecule has 0 aliphatic rings. The highest BCUT2D eigenvalue weighted by atomic mass is 16.3. The van der Waals surface area contributed by atoms with Gasteiger partial charge in [-0.2, -0.15) is 0 Å². The van der Waals surface area contributed by atoms with Crippen LogP contribution in [0.3, 0.4) is 0 Å². The maximum atomic E-state index is 12.4. The van der Waals surface area contributed by atoms with E-state index in [0.717, 1.165) is 38.5 Å². The van der Waals surface area contributed by atoms with E-state index < -0.39 is 18.2 Å². The number of rotatable bonds is 49. The molecule has 0 radical (unpaired) electrons. The van der Waals surface area contributed by atoms with Crippen molar-refractivity contribution in [2.24, 2.45) is 0 Å². The fourth-order valence-corrected chi connectivity index (χ4v) is 8.64. The predicted molar refractivity (Wildman–Crippen MR) is 250 cm³/mol. The first-order chi connectivity index (χ1) is 28.1. The number of hydrogen-bond donors (Lipinski definition) is 4. The minimum absolute atomic E-state index is 0.139. The molecule has 4 N–H and O–H groups in total. The van der Waals surface area contributed by atoms with Crippen LogP contribution in [0.2, 0.25) is 0 Å². The van der Waals surface area contributed by atoms with Crippen molar-refractivity contribution in [3.05, 3.63) is 0 Å². The number of carbonyl (C=O) groups is 1. The summed E-state index contributed by atoms with van der Waals surface area (Å²) < 4.78 is 0. The molecule has 0 aliphatic carbocycles. The van der Waals surface area contributed by atoms with Gasteiger partial charge in [-0.15, -0.1) is 0 Å². The van der Waals surface area contributed by atoms with E-state index in [1.165, 1.54) is 238 Å². The van der Waals surface area contributed by atoms with Crippen molar-refractivity contribution in [1.82, 2.24) is 5.32 Å². The summed E-state index contributed by atoms with van der Waals surface area (Å²) in [5.41, 5.74) is 0. The highest BCUT2D eigenvalue weighted by Gasteiger charge is 2.26. The van der Waals surface area contributed by atoms with Crippen LogP contribution in [0.4, 0.5) is 0 Å². The van der Waals surface area contributed by atoms with E-state index in [1.54, 1.807) is 0 Å². The molecular weight excluding hydrogens is 703 g/mol. The molecule has 0 aliphatic heterocycles. The van der Waals surface area contributed by atoms with Gasteiger partial charge < -0.3 is 20.6 Å². The average Bonchev–Trinajstić information content (AvgIpc) is 3.22. The number of unbranched alkanes of at least 4 members (excludes halogenated alkanes) is 41. The zero-order valence-corrected chi connectivity index (χ0v) is 39.0. The molecule has 0 rings (SSSR count). The van der Waals surface area contributed by atoms with Gasteiger partial charge in [0.15, 0.2) is 0 Å². The van der Waals surface area contributed by atoms with Crippen molar-refractivity contribution < 1.29 is 20.1 Å². The molecule has 0 saturated heterocycles. The first-order valence-electron chi connectivity index (χ1n) is 26.3. The van der Waals surface area contributed by atoms with E-state index in [0.29, 0.717) is 12.8 Å². The van der Waals surface area contributed by atoms with E-state index in [-0.39, 0.29) is 12.5 Å². The molecule has 0 spiro atoms. The van der Waals surface area contributed by atoms with E-state index in [4.69, 9.17) is 0 Å². The number of carbonyl (C=O) groups excluding carboxylic acids is 1. The fraction of sp³-hybridized carbons (Fsp3) is 0.981. The van der Waals surface area contributed by atoms with Crippen molar-refractivity contribution in [1.29, 1.82) is 0 Å². The molecule has 3 atom stereocenters. The lowest BCUT2D eigenvalue weighted by molar-refractivity contribution is -0.124. The second-order valence-corrected chi connectivity index (χ2v) is 18.4. The molecule has 5 heteroatoms. The second kappa shape index (κ2) is 48.0. The summed E-state index contributed by atoms with van der Waals surface area (Å²) in [6, 6.07) is -0.802. The van der Waals surface area contributed by atoms with Gasteiger partial charge in [0.05, 0.1) is 18.8 Å². The third-order valence-electron chi connectivity index (χ3n) is 12.7. The van der Waals surface area contributed by atoms with Crippen LogP contribution in [-0.4, -0.2) is 46.1 Å². The molecule has 0 saturated carbocycles. The van der Waals surface area contributed by atoms with E-state index >= 15 is 0 Å². The van der Waals surface area contributed by atoms with Crippen LogP contribution in [0.15, 0.2) is 0 Å². The number of amides is 1. The van der Waals surface area contributed by atoms with Crippen LogP contribution in [0.25, 0.3) is 0 Å². The normalized spacial score (nSPS) is 13.3. The summed E-state index contributed by atoms with van der Waals surface area (Å²) in [7, 11) is 0. The lowest BCUT2D eigenvalue weighted by atomic mass is 9.99. The zero-order chi connectivity index (χ0) is 41.5. The van der Waals surface area contributed by atoms with Gasteiger partial charge in [0.1, 0.15) is 6.10 Å². The number of hydrogen-bond acceptors (Lipinski definition) is 4. The summed E-state index contributed by atoms with van der Waals surface area (Å²) in [4.78, 5) is 12.4. The smallest absolute Gasteiger partial charge is 0.220 e. The topological polar surface area (TPSA) is 89.8 Å². The number of aliphatic hydroxyl groups is 3. The van der Waals surface area contributed by atoms with Crippen molar-refractivity contribution in [2.45, 2.75) is 321 Å². The van der Waals surface area contributed by atoms with Crippen molar-refractivity contribution in [3.8, 4) is 0 Å². The van der Waals surface area contributed by atoms with Crippen molar-refractivity contribution in [2.75, 3.05) is 6.61 Å². The Morgan fingerprint density at radius 1 is 0.368 bits per heavy atom. The molecule has 0 fully saturated rings. The Labute approximate surface area is 357 Å². The Kier molecular flexibility index (Phi) is 47.5. The second-order valence-electron chi connectivity index (χ2n) is 18.4. The fourth-order valence-electron chi connectivity index (χ4n) is 8.64. The van der Waals surface area contributed by atoms with Gasteiger partial charge in [0.2, 0.25) is 5.91 Å². The maximum Gasteiger partial charge on any atom is 0.220 e. The zero-order valence-electron chi connectivity index (χ0n) is 39.0. The van der Waals surface area contributed by atoms with Gasteiger partial charge >= 0.3 is 0 Å². The Morgan fingerprint density at radius 3 is 0.842 bits per heavy atom. The lowest BCUT2D eigenvalue weighted by Crippen LogP contribution is -2.50. The molecule has 0 bridgehead atoms. The minimum Gasteiger partial charge on any atom is -0.394 e. The molecule has 0 aromatic carbocycles. The summed E-state index contributed by atoms with van der Waals surface area (Å²) in [6.45, 7) is 4.19. The first kappa shape index (κ1) is 56.4. The van der Waals surface area contributed by atoms with Crippen LogP contribution in [0, 0.1) is 0 Å². The Balaban J connectivity index is 3.39. The Bertz CT molecular complexity index is 762.